The van der Waals surface area contributed by atoms with Crippen LogP contribution in [0.25, 0.3) is 5.69 Å². The van der Waals surface area contributed by atoms with Crippen LogP contribution in [0.1, 0.15) is 15.9 Å². The summed E-state index contributed by atoms with van der Waals surface area (Å²) in [5.41, 5.74) is 2.22. The molecule has 0 fully saturated rings. The van der Waals surface area contributed by atoms with Crippen molar-refractivity contribution in [1.82, 2.24) is 15.1 Å². The van der Waals surface area contributed by atoms with Gasteiger partial charge in [0.1, 0.15) is 5.82 Å². The zero-order valence-electron chi connectivity index (χ0n) is 11.7. The lowest BCUT2D eigenvalue weighted by molar-refractivity contribution is 0.0951. The number of hydrogen-bond acceptors (Lipinski definition) is 2. The van der Waals surface area contributed by atoms with Crippen molar-refractivity contribution in [3.8, 4) is 5.69 Å². The van der Waals surface area contributed by atoms with Crippen molar-refractivity contribution in [2.45, 2.75) is 6.54 Å². The molecule has 4 nitrogen and oxygen atoms in total. The summed E-state index contributed by atoms with van der Waals surface area (Å²) in [5.74, 6) is -0.472. The third-order valence-corrected chi connectivity index (χ3v) is 3.24. The number of hydrogen-bond donors (Lipinski definition) is 1. The minimum atomic E-state index is -0.290. The molecular formula is C17H14FN3O. The molecule has 0 saturated heterocycles. The highest BCUT2D eigenvalue weighted by Crippen LogP contribution is 2.10. The Hall–Kier alpha value is -2.95. The molecule has 0 saturated carbocycles. The van der Waals surface area contributed by atoms with Crippen molar-refractivity contribution in [2.75, 3.05) is 0 Å². The molecule has 0 aliphatic carbocycles. The summed E-state index contributed by atoms with van der Waals surface area (Å²) in [7, 11) is 0. The smallest absolute Gasteiger partial charge is 0.251 e. The Morgan fingerprint density at radius 2 is 1.95 bits per heavy atom. The fourth-order valence-corrected chi connectivity index (χ4v) is 2.10. The van der Waals surface area contributed by atoms with Gasteiger partial charge < -0.3 is 5.32 Å². The quantitative estimate of drug-likeness (QED) is 0.804. The van der Waals surface area contributed by atoms with Gasteiger partial charge in [-0.3, -0.25) is 4.79 Å². The first-order valence-electron chi connectivity index (χ1n) is 6.85. The Balaban J connectivity index is 1.70. The summed E-state index contributed by atoms with van der Waals surface area (Å²) in [4.78, 5) is 12.2. The van der Waals surface area contributed by atoms with Crippen molar-refractivity contribution in [3.63, 3.8) is 0 Å². The molecule has 2 aromatic carbocycles. The summed E-state index contributed by atoms with van der Waals surface area (Å²) in [6, 6.07) is 15.1. The molecule has 0 atom stereocenters. The van der Waals surface area contributed by atoms with Gasteiger partial charge in [-0.05, 0) is 42.0 Å². The van der Waals surface area contributed by atoms with Crippen molar-refractivity contribution in [3.05, 3.63) is 83.9 Å². The lowest BCUT2D eigenvalue weighted by Gasteiger charge is -2.07. The van der Waals surface area contributed by atoms with E-state index in [2.05, 4.69) is 10.4 Å². The number of aromatic nitrogens is 2. The molecule has 1 heterocycles. The predicted molar refractivity (Wildman–Crippen MR) is 81.1 cm³/mol. The first kappa shape index (κ1) is 14.0. The third kappa shape index (κ3) is 3.20. The van der Waals surface area contributed by atoms with Gasteiger partial charge >= 0.3 is 0 Å². The molecule has 1 amide bonds. The van der Waals surface area contributed by atoms with E-state index in [1.807, 2.05) is 24.4 Å². The van der Waals surface area contributed by atoms with E-state index in [9.17, 15) is 9.18 Å². The Kier molecular flexibility index (Phi) is 3.96. The number of benzene rings is 2. The summed E-state index contributed by atoms with van der Waals surface area (Å²) < 4.78 is 14.5. The molecular weight excluding hydrogens is 281 g/mol. The van der Waals surface area contributed by atoms with Crippen molar-refractivity contribution < 1.29 is 9.18 Å². The maximum atomic E-state index is 12.8. The van der Waals surface area contributed by atoms with Gasteiger partial charge in [0, 0.05) is 24.5 Å². The molecule has 5 heteroatoms. The van der Waals surface area contributed by atoms with Crippen molar-refractivity contribution in [2.24, 2.45) is 0 Å². The van der Waals surface area contributed by atoms with E-state index < -0.39 is 0 Å². The minimum absolute atomic E-state index is 0.182. The van der Waals surface area contributed by atoms with E-state index >= 15 is 0 Å². The van der Waals surface area contributed by atoms with Gasteiger partial charge in [0.05, 0.1) is 5.69 Å². The van der Waals surface area contributed by atoms with Crippen LogP contribution < -0.4 is 5.32 Å². The molecule has 0 aliphatic rings. The lowest BCUT2D eigenvalue weighted by Crippen LogP contribution is -2.22. The minimum Gasteiger partial charge on any atom is -0.348 e. The Morgan fingerprint density at radius 3 is 2.68 bits per heavy atom. The average Bonchev–Trinajstić information content (AvgIpc) is 3.09. The van der Waals surface area contributed by atoms with Crippen molar-refractivity contribution in [1.29, 1.82) is 0 Å². The Bertz CT molecular complexity index is 767. The summed E-state index contributed by atoms with van der Waals surface area (Å²) in [6.07, 6.45) is 3.50. The molecule has 110 valence electrons. The van der Waals surface area contributed by atoms with Gasteiger partial charge in [0.2, 0.25) is 0 Å². The van der Waals surface area contributed by atoms with Crippen LogP contribution >= 0.6 is 0 Å². The van der Waals surface area contributed by atoms with Gasteiger partial charge in [-0.15, -0.1) is 0 Å². The van der Waals surface area contributed by atoms with E-state index in [1.54, 1.807) is 35.1 Å². The predicted octanol–water partition coefficient (Wildman–Crippen LogP) is 2.94. The van der Waals surface area contributed by atoms with E-state index in [4.69, 9.17) is 0 Å². The first-order valence-corrected chi connectivity index (χ1v) is 6.85. The fourth-order valence-electron chi connectivity index (χ4n) is 2.10. The zero-order valence-corrected chi connectivity index (χ0v) is 11.7. The standard InChI is InChI=1S/C17H14FN3O/c18-15-7-5-13(6-8-15)12-19-17(22)14-3-1-4-16(11-14)21-10-2-9-20-21/h1-11H,12H2,(H,19,22). The number of halogens is 1. The molecule has 0 spiro atoms. The topological polar surface area (TPSA) is 46.9 Å². The van der Waals surface area contributed by atoms with E-state index in [0.717, 1.165) is 11.3 Å². The van der Waals surface area contributed by atoms with Crippen LogP contribution in [-0.4, -0.2) is 15.7 Å². The molecule has 0 bridgehead atoms. The van der Waals surface area contributed by atoms with Crippen LogP contribution in [0.5, 0.6) is 0 Å². The molecule has 0 aliphatic heterocycles. The summed E-state index contributed by atoms with van der Waals surface area (Å²) in [5, 5.41) is 6.95. The van der Waals surface area contributed by atoms with E-state index in [0.29, 0.717) is 12.1 Å². The van der Waals surface area contributed by atoms with Crippen LogP contribution in [-0.2, 0) is 6.54 Å². The van der Waals surface area contributed by atoms with Crippen LogP contribution in [0.4, 0.5) is 4.39 Å². The zero-order chi connectivity index (χ0) is 15.4. The van der Waals surface area contributed by atoms with Crippen LogP contribution in [0.3, 0.4) is 0 Å². The third-order valence-electron chi connectivity index (χ3n) is 3.24. The number of rotatable bonds is 4. The molecule has 0 unspecified atom stereocenters. The van der Waals surface area contributed by atoms with E-state index in [1.165, 1.54) is 12.1 Å². The number of carbonyl (C=O) groups is 1. The van der Waals surface area contributed by atoms with Crippen LogP contribution in [0.15, 0.2) is 67.0 Å². The highest BCUT2D eigenvalue weighted by Gasteiger charge is 2.07. The maximum Gasteiger partial charge on any atom is 0.251 e. The Morgan fingerprint density at radius 1 is 1.14 bits per heavy atom. The second-order valence-electron chi connectivity index (χ2n) is 4.81. The average molecular weight is 295 g/mol. The maximum absolute atomic E-state index is 12.8. The molecule has 3 aromatic rings. The summed E-state index contributed by atoms with van der Waals surface area (Å²) >= 11 is 0. The van der Waals surface area contributed by atoms with Gasteiger partial charge in [0.25, 0.3) is 5.91 Å². The van der Waals surface area contributed by atoms with Gasteiger partial charge in [-0.1, -0.05) is 18.2 Å². The Labute approximate surface area is 127 Å². The normalized spacial score (nSPS) is 10.4. The molecule has 0 radical (unpaired) electrons. The monoisotopic (exact) mass is 295 g/mol. The highest BCUT2D eigenvalue weighted by molar-refractivity contribution is 5.94. The van der Waals surface area contributed by atoms with Crippen molar-refractivity contribution >= 4 is 5.91 Å². The molecule has 3 rings (SSSR count). The molecule has 22 heavy (non-hydrogen) atoms. The van der Waals surface area contributed by atoms with Crippen LogP contribution in [0.2, 0.25) is 0 Å². The molecule has 1 aromatic heterocycles. The van der Waals surface area contributed by atoms with Gasteiger partial charge in [-0.2, -0.15) is 5.10 Å². The second-order valence-corrected chi connectivity index (χ2v) is 4.81. The highest BCUT2D eigenvalue weighted by atomic mass is 19.1. The number of nitrogens with zero attached hydrogens (tertiary/aromatic N) is 2. The van der Waals surface area contributed by atoms with Gasteiger partial charge in [0.15, 0.2) is 0 Å². The first-order chi connectivity index (χ1) is 10.7. The largest absolute Gasteiger partial charge is 0.348 e. The number of carbonyl (C=O) groups excluding carboxylic acids is 1. The van der Waals surface area contributed by atoms with Crippen LogP contribution in [0, 0.1) is 5.82 Å². The second kappa shape index (κ2) is 6.22. The lowest BCUT2D eigenvalue weighted by atomic mass is 10.1. The number of nitrogens with one attached hydrogen (secondary N) is 1. The number of amides is 1. The molecule has 1 N–H and O–H groups in total. The fraction of sp³-hybridized carbons (Fsp3) is 0.0588. The summed E-state index contributed by atoms with van der Waals surface area (Å²) in [6.45, 7) is 0.352. The van der Waals surface area contributed by atoms with E-state index in [-0.39, 0.29) is 11.7 Å². The SMILES string of the molecule is O=C(NCc1ccc(F)cc1)c1cccc(-n2cccn2)c1. The van der Waals surface area contributed by atoms with Gasteiger partial charge in [-0.25, -0.2) is 9.07 Å².